The normalized spacial score (nSPS) is 17.3. The van der Waals surface area contributed by atoms with Crippen molar-refractivity contribution in [1.29, 1.82) is 0 Å². The van der Waals surface area contributed by atoms with Crippen molar-refractivity contribution in [2.75, 3.05) is 59.9 Å². The number of carbonyl (C=O) groups is 3. The smallest absolute Gasteiger partial charge is 0.277 e. The molecule has 3 spiro atoms. The lowest BCUT2D eigenvalue weighted by Gasteiger charge is -2.36. The number of H-pyrrole nitrogens is 2. The first-order valence-corrected chi connectivity index (χ1v) is 43.5. The Bertz CT molecular complexity index is 5110. The SMILES string of the molecule is C.CC(C)(C)[Si](C)(C)OCCBr.Cc1c2c(c(=O)n3c1C(=O)NC31CCCCC1)Nc1cc(NCCO)ncc1C2.Cc1c2n(c(=O)c3[nH]c4cc(N)ncc4c(=O)c13)C1(CCCCC1)NC2=O.Cc1c2n(c(=O)c3[nH]c4cc(NCCO[Si](C)(C)C(C)(C)C)ncc4c(=O)c13)C1(CCCCC1)NC2=O. The van der Waals surface area contributed by atoms with Gasteiger partial charge in [-0.1, -0.05) is 84.2 Å². The predicted molar refractivity (Wildman–Crippen MR) is 424 cm³/mol. The Labute approximate surface area is 621 Å². The van der Waals surface area contributed by atoms with Gasteiger partial charge in [0.2, 0.25) is 0 Å². The summed E-state index contributed by atoms with van der Waals surface area (Å²) in [4.78, 5) is 125. The molecule has 0 unspecified atom stereocenters. The molecule has 7 aliphatic rings. The van der Waals surface area contributed by atoms with Crippen LogP contribution in [0.4, 0.5) is 28.8 Å². The van der Waals surface area contributed by atoms with E-state index in [1.807, 2.05) is 13.0 Å². The summed E-state index contributed by atoms with van der Waals surface area (Å²) < 4.78 is 17.0. The number of anilines is 5. The van der Waals surface area contributed by atoms with E-state index in [1.165, 1.54) is 12.4 Å². The van der Waals surface area contributed by atoms with Gasteiger partial charge in [0.05, 0.1) is 45.8 Å². The maximum atomic E-state index is 13.8. The number of aliphatic hydroxyl groups is 1. The van der Waals surface area contributed by atoms with Gasteiger partial charge in [0.25, 0.3) is 34.4 Å². The number of nitrogens with two attached hydrogens (primary N) is 1. The fraction of sp³-hybridized carbons (Fsp3) is 0.539. The number of nitrogen functional groups attached to an aromatic ring is 1. The van der Waals surface area contributed by atoms with E-state index in [2.05, 4.69) is 140 Å². The average molecular weight is 1540 g/mol. The quantitative estimate of drug-likeness (QED) is 0.0249. The van der Waals surface area contributed by atoms with Crippen molar-refractivity contribution in [2.24, 2.45) is 0 Å². The minimum Gasteiger partial charge on any atom is -0.416 e. The highest BCUT2D eigenvalue weighted by Gasteiger charge is 2.50. The summed E-state index contributed by atoms with van der Waals surface area (Å²) in [7, 11) is -3.30. The predicted octanol–water partition coefficient (Wildman–Crippen LogP) is 11.8. The molecule has 3 amide bonds. The van der Waals surface area contributed by atoms with E-state index >= 15 is 0 Å². The minimum absolute atomic E-state index is 0. The number of aryl methyl sites for hydroxylation is 2. The van der Waals surface area contributed by atoms with E-state index in [1.54, 1.807) is 45.9 Å². The molecule has 3 saturated carbocycles. The summed E-state index contributed by atoms with van der Waals surface area (Å²) in [6.07, 6.45) is 18.8. The van der Waals surface area contributed by atoms with Crippen LogP contribution in [0.5, 0.6) is 0 Å². The Balaban J connectivity index is 0.000000148. The van der Waals surface area contributed by atoms with Crippen LogP contribution < -0.4 is 65.2 Å². The van der Waals surface area contributed by atoms with Crippen molar-refractivity contribution in [3.8, 4) is 0 Å². The highest BCUT2D eigenvalue weighted by Crippen LogP contribution is 2.44. The number of carbonyl (C=O) groups excluding carboxylic acids is 3. The van der Waals surface area contributed by atoms with Crippen molar-refractivity contribution in [3.63, 3.8) is 0 Å². The van der Waals surface area contributed by atoms with Crippen molar-refractivity contribution in [1.82, 2.24) is 54.6 Å². The molecule has 0 saturated heterocycles. The van der Waals surface area contributed by atoms with Crippen LogP contribution in [-0.2, 0) is 32.3 Å². The van der Waals surface area contributed by atoms with Crippen LogP contribution in [0, 0.1) is 20.8 Å². The third-order valence-corrected chi connectivity index (χ3v) is 32.7. The number of fused-ring (bicyclic) bond motifs is 12. The molecule has 12 heterocycles. The average Bonchev–Trinajstić information content (AvgIpc) is 1.64. The van der Waals surface area contributed by atoms with Gasteiger partial charge in [-0.25, -0.2) is 15.0 Å². The lowest BCUT2D eigenvalue weighted by Crippen LogP contribution is -2.49. The Morgan fingerprint density at radius 2 is 0.971 bits per heavy atom. The summed E-state index contributed by atoms with van der Waals surface area (Å²) in [5.41, 5.74) is 10.0. The van der Waals surface area contributed by atoms with Crippen LogP contribution in [0.25, 0.3) is 43.6 Å². The van der Waals surface area contributed by atoms with E-state index in [4.69, 9.17) is 19.7 Å². The molecule has 0 atom stereocenters. The van der Waals surface area contributed by atoms with Crippen LogP contribution in [0.2, 0.25) is 36.3 Å². The van der Waals surface area contributed by atoms with Crippen LogP contribution in [0.1, 0.15) is 205 Å². The Hall–Kier alpha value is -8.36. The largest absolute Gasteiger partial charge is 0.416 e. The summed E-state index contributed by atoms with van der Waals surface area (Å²) in [6, 6.07) is 5.16. The maximum Gasteiger partial charge on any atom is 0.277 e. The molecule has 3 aliphatic carbocycles. The number of aromatic nitrogens is 8. The van der Waals surface area contributed by atoms with Crippen molar-refractivity contribution < 1.29 is 28.3 Å². The number of amides is 3. The molecule has 105 heavy (non-hydrogen) atoms. The number of nitrogens with zero attached hydrogens (tertiary/aromatic N) is 6. The van der Waals surface area contributed by atoms with Crippen LogP contribution in [-0.4, -0.2) is 116 Å². The molecule has 15 rings (SSSR count). The summed E-state index contributed by atoms with van der Waals surface area (Å²) in [5.74, 6) is 0.791. The van der Waals surface area contributed by atoms with Gasteiger partial charge in [-0.15, -0.1) is 0 Å². The molecule has 564 valence electrons. The number of halogens is 1. The van der Waals surface area contributed by atoms with Gasteiger partial charge in [0, 0.05) is 73.9 Å². The number of alkyl halides is 1. The Morgan fingerprint density at radius 3 is 1.43 bits per heavy atom. The lowest BCUT2D eigenvalue weighted by atomic mass is 9.88. The van der Waals surface area contributed by atoms with E-state index in [0.717, 1.165) is 105 Å². The first-order chi connectivity index (χ1) is 49.1. The van der Waals surface area contributed by atoms with Gasteiger partial charge >= 0.3 is 0 Å². The minimum atomic E-state index is -1.84. The van der Waals surface area contributed by atoms with E-state index in [0.29, 0.717) is 124 Å². The monoisotopic (exact) mass is 1540 g/mol. The zero-order chi connectivity index (χ0) is 75.0. The fourth-order valence-electron chi connectivity index (χ4n) is 15.7. The molecule has 3 fully saturated rings. The maximum absolute atomic E-state index is 13.8. The highest BCUT2D eigenvalue weighted by molar-refractivity contribution is 9.09. The second kappa shape index (κ2) is 29.4. The second-order valence-electron chi connectivity index (χ2n) is 32.0. The third kappa shape index (κ3) is 14.0. The standard InChI is InChI=1S/C27H37N5O4Si.C21H25N5O3.C19H19N5O3.C8H19BrOSi.CH4/c1-16-20-21(25(35)32-22(16)24(34)31-27(32)10-8-7-9-11-27)30-18-14-19(29-15-17(18)23(20)33)28-12-13-36-37(5,6)26(2,3)4;1-12-14-9-13-11-23-16(22-7-8-27)10-15(13)24-17(14)20(29)26-18(12)19(28)25-21(26)5-3-2-4-6-21;1-9-13-14(22-11-7-12(20)21-8-10(11)16(13)25)18(27)24-15(9)17(26)23-19(24)5-3-2-4-6-19;1-8(2,3)11(4,5)10-7-6-9;/h14-15H,7-13H2,1-6H3,(H,28,29)(H,30,33)(H,31,34);10-11,24,27H,2-9H2,1H3,(H,22,23)(H,25,28);7-8H,2-6H2,1H3,(H2,20,21)(H,22,25)(H,23,26);6-7H2,1-5H3;1H4. The number of hydrogen-bond donors (Lipinski definition) is 10. The van der Waals surface area contributed by atoms with E-state index < -0.39 is 33.6 Å². The first-order valence-electron chi connectivity index (χ1n) is 36.6. The zero-order valence-electron chi connectivity index (χ0n) is 62.2. The van der Waals surface area contributed by atoms with Crippen molar-refractivity contribution in [3.05, 3.63) is 133 Å². The topological polar surface area (TPSA) is 358 Å². The zero-order valence-corrected chi connectivity index (χ0v) is 65.8. The summed E-state index contributed by atoms with van der Waals surface area (Å²) >= 11 is 3.37. The molecule has 11 N–H and O–H groups in total. The van der Waals surface area contributed by atoms with Crippen molar-refractivity contribution in [2.45, 2.75) is 226 Å². The molecule has 8 aromatic rings. The lowest BCUT2D eigenvalue weighted by molar-refractivity contribution is 0.0867. The van der Waals surface area contributed by atoms with Gasteiger partial charge in [-0.2, -0.15) is 0 Å². The van der Waals surface area contributed by atoms with Gasteiger partial charge in [-0.05, 0) is 162 Å². The third-order valence-electron chi connectivity index (χ3n) is 23.3. The first kappa shape index (κ1) is 77.7. The fourth-order valence-corrected chi connectivity index (χ4v) is 18.3. The number of hydrogen-bond acceptors (Lipinski definition) is 18. The number of aromatic amines is 2. The molecular weight excluding hydrogens is 1440 g/mol. The second-order valence-corrected chi connectivity index (χ2v) is 42.4. The molecule has 8 aromatic heterocycles. The van der Waals surface area contributed by atoms with Gasteiger partial charge in [0.15, 0.2) is 27.5 Å². The van der Waals surface area contributed by atoms with Crippen LogP contribution in [0.15, 0.2) is 60.8 Å². The Kier molecular flexibility index (Phi) is 21.8. The molecule has 29 heteroatoms. The molecule has 0 bridgehead atoms. The van der Waals surface area contributed by atoms with Crippen molar-refractivity contribution >= 4 is 123 Å². The highest BCUT2D eigenvalue weighted by atomic mass is 79.9. The van der Waals surface area contributed by atoms with Gasteiger partial charge in [0.1, 0.15) is 68.2 Å². The summed E-state index contributed by atoms with van der Waals surface area (Å²) in [6.45, 7) is 30.2. The molecule has 0 radical (unpaired) electrons. The molecule has 4 aliphatic heterocycles. The molecule has 26 nitrogen and oxygen atoms in total. The van der Waals surface area contributed by atoms with Gasteiger partial charge < -0.3 is 61.6 Å². The van der Waals surface area contributed by atoms with Crippen LogP contribution >= 0.6 is 15.9 Å². The summed E-state index contributed by atoms with van der Waals surface area (Å²) in [5, 5.41) is 30.6. The number of nitrogens with one attached hydrogen (secondary N) is 8. The van der Waals surface area contributed by atoms with E-state index in [-0.39, 0.29) is 92.0 Å². The number of pyridine rings is 8. The van der Waals surface area contributed by atoms with Gasteiger partial charge in [-0.3, -0.25) is 52.1 Å². The van der Waals surface area contributed by atoms with Crippen LogP contribution in [0.3, 0.4) is 0 Å². The number of aliphatic hydroxyl groups excluding tert-OH is 1. The molecule has 0 aromatic carbocycles. The van der Waals surface area contributed by atoms with E-state index in [9.17, 15) is 38.4 Å². The number of rotatable bonds is 11. The molecular formula is C76H104BrN15O11Si2. The Morgan fingerprint density at radius 1 is 0.562 bits per heavy atom.